The average molecular weight is 258 g/mol. The van der Waals surface area contributed by atoms with E-state index in [1.54, 1.807) is 0 Å². The molecule has 0 radical (unpaired) electrons. The molecule has 0 saturated carbocycles. The summed E-state index contributed by atoms with van der Waals surface area (Å²) >= 11 is 0.786. The second kappa shape index (κ2) is 4.90. The molecule has 90 valence electrons. The molecule has 1 rings (SSSR count). The number of halogens is 5. The monoisotopic (exact) mass is 258 g/mol. The lowest BCUT2D eigenvalue weighted by Gasteiger charge is -2.14. The van der Waals surface area contributed by atoms with E-state index < -0.39 is 24.1 Å². The van der Waals surface area contributed by atoms with Crippen molar-refractivity contribution in [1.29, 1.82) is 0 Å². The smallest absolute Gasteiger partial charge is 0.405 e. The summed E-state index contributed by atoms with van der Waals surface area (Å²) in [4.78, 5) is -0.199. The molecule has 0 aliphatic heterocycles. The molecule has 0 aromatic heterocycles. The molecule has 0 aliphatic carbocycles. The van der Waals surface area contributed by atoms with Gasteiger partial charge in [-0.1, -0.05) is 12.1 Å². The van der Waals surface area contributed by atoms with Gasteiger partial charge in [0, 0.05) is 5.56 Å². The Labute approximate surface area is 92.6 Å². The Bertz CT molecular complexity index is 363. The van der Waals surface area contributed by atoms with Crippen LogP contribution in [0.25, 0.3) is 0 Å². The van der Waals surface area contributed by atoms with Gasteiger partial charge in [-0.3, -0.25) is 0 Å². The quantitative estimate of drug-likeness (QED) is 0.592. The van der Waals surface area contributed by atoms with Crippen LogP contribution in [-0.2, 0) is 0 Å². The summed E-state index contributed by atoms with van der Waals surface area (Å²) in [5.74, 6) is -0.599. The first-order valence-corrected chi connectivity index (χ1v) is 5.28. The van der Waals surface area contributed by atoms with Gasteiger partial charge in [0.15, 0.2) is 0 Å². The van der Waals surface area contributed by atoms with E-state index in [4.69, 9.17) is 0 Å². The number of alkyl halides is 5. The summed E-state index contributed by atoms with van der Waals surface area (Å²) in [5, 5.41) is 0. The molecule has 0 unspecified atom stereocenters. The maximum absolute atomic E-state index is 12.5. The van der Waals surface area contributed by atoms with Crippen LogP contribution in [0.15, 0.2) is 23.1 Å². The maximum atomic E-state index is 12.5. The minimum atomic E-state index is -4.88. The average Bonchev–Trinajstić information content (AvgIpc) is 2.14. The Hall–Kier alpha value is -0.980. The third-order valence-corrected chi connectivity index (χ3v) is 2.52. The van der Waals surface area contributed by atoms with E-state index in [2.05, 4.69) is 4.74 Å². The Morgan fingerprint density at radius 1 is 1.25 bits per heavy atom. The van der Waals surface area contributed by atoms with Crippen LogP contribution in [0.5, 0.6) is 5.75 Å². The van der Waals surface area contributed by atoms with Gasteiger partial charge in [-0.05, 0) is 12.3 Å². The Balaban J connectivity index is 3.14. The fraction of sp³-hybridized carbons (Fsp3) is 0.333. The first-order valence-electron chi connectivity index (χ1n) is 4.06. The minimum Gasteiger partial charge on any atom is -0.405 e. The number of hydrogen-bond donors (Lipinski definition) is 0. The van der Waals surface area contributed by atoms with Crippen LogP contribution >= 0.6 is 11.8 Å². The molecule has 0 heterocycles. The molecular weight excluding hydrogens is 251 g/mol. The van der Waals surface area contributed by atoms with Crippen LogP contribution in [0, 0.1) is 0 Å². The van der Waals surface area contributed by atoms with Crippen LogP contribution in [0.3, 0.4) is 0 Å². The van der Waals surface area contributed by atoms with Gasteiger partial charge in [-0.25, -0.2) is 8.78 Å². The van der Waals surface area contributed by atoms with E-state index in [0.717, 1.165) is 30.0 Å². The maximum Gasteiger partial charge on any atom is 0.573 e. The normalized spacial score (nSPS) is 11.9. The molecule has 0 spiro atoms. The van der Waals surface area contributed by atoms with Crippen molar-refractivity contribution in [3.63, 3.8) is 0 Å². The van der Waals surface area contributed by atoms with Crippen molar-refractivity contribution in [1.82, 2.24) is 0 Å². The number of rotatable bonds is 3. The molecule has 1 nitrogen and oxygen atoms in total. The van der Waals surface area contributed by atoms with Crippen LogP contribution in [-0.4, -0.2) is 12.6 Å². The Kier molecular flexibility index (Phi) is 4.01. The van der Waals surface area contributed by atoms with Gasteiger partial charge >= 0.3 is 6.36 Å². The fourth-order valence-electron chi connectivity index (χ4n) is 1.13. The van der Waals surface area contributed by atoms with E-state index in [-0.39, 0.29) is 4.90 Å². The number of ether oxygens (including phenoxy) is 1. The number of hydrogen-bond acceptors (Lipinski definition) is 2. The molecule has 16 heavy (non-hydrogen) atoms. The highest BCUT2D eigenvalue weighted by atomic mass is 32.2. The number of thioether (sulfide) groups is 1. The van der Waals surface area contributed by atoms with Gasteiger partial charge in [0.05, 0.1) is 4.90 Å². The van der Waals surface area contributed by atoms with E-state index in [1.807, 2.05) is 0 Å². The zero-order valence-corrected chi connectivity index (χ0v) is 8.83. The van der Waals surface area contributed by atoms with Crippen molar-refractivity contribution in [3.8, 4) is 5.75 Å². The molecule has 0 N–H and O–H groups in total. The van der Waals surface area contributed by atoms with Crippen LogP contribution < -0.4 is 4.74 Å². The van der Waals surface area contributed by atoms with Gasteiger partial charge in [0.25, 0.3) is 6.43 Å². The summed E-state index contributed by atoms with van der Waals surface area (Å²) in [6.07, 6.45) is -6.31. The van der Waals surface area contributed by atoms with Crippen molar-refractivity contribution in [2.75, 3.05) is 6.26 Å². The summed E-state index contributed by atoms with van der Waals surface area (Å²) in [6, 6.07) is 3.17. The molecule has 1 aromatic carbocycles. The van der Waals surface area contributed by atoms with Crippen LogP contribution in [0.2, 0.25) is 0 Å². The predicted octanol–water partition coefficient (Wildman–Crippen LogP) is 4.24. The zero-order valence-electron chi connectivity index (χ0n) is 8.02. The van der Waals surface area contributed by atoms with Crippen LogP contribution in [0.4, 0.5) is 22.0 Å². The lowest BCUT2D eigenvalue weighted by molar-refractivity contribution is -0.275. The van der Waals surface area contributed by atoms with E-state index in [1.165, 1.54) is 6.26 Å². The molecule has 0 bridgehead atoms. The summed E-state index contributed by atoms with van der Waals surface area (Å²) in [6.45, 7) is 0. The van der Waals surface area contributed by atoms with Gasteiger partial charge in [0.1, 0.15) is 5.75 Å². The third kappa shape index (κ3) is 3.26. The molecule has 7 heteroatoms. The summed E-state index contributed by atoms with van der Waals surface area (Å²) in [7, 11) is 0. The second-order valence-electron chi connectivity index (χ2n) is 2.73. The highest BCUT2D eigenvalue weighted by molar-refractivity contribution is 7.98. The fourth-order valence-corrected chi connectivity index (χ4v) is 1.83. The molecular formula is C9H7F5OS. The summed E-state index contributed by atoms with van der Waals surface area (Å²) < 4.78 is 64.5. The lowest BCUT2D eigenvalue weighted by Crippen LogP contribution is -2.17. The molecule has 0 saturated heterocycles. The lowest BCUT2D eigenvalue weighted by atomic mass is 10.2. The standard InChI is InChI=1S/C9H7F5OS/c1-16-7-5(8(10)11)3-2-4-6(7)15-9(12,13)14/h2-4,8H,1H3. The molecule has 0 aliphatic rings. The van der Waals surface area contributed by atoms with Crippen molar-refractivity contribution in [3.05, 3.63) is 23.8 Å². The zero-order chi connectivity index (χ0) is 12.3. The highest BCUT2D eigenvalue weighted by Gasteiger charge is 2.33. The molecule has 0 atom stereocenters. The minimum absolute atomic E-state index is 0.199. The topological polar surface area (TPSA) is 9.23 Å². The predicted molar refractivity (Wildman–Crippen MR) is 49.9 cm³/mol. The van der Waals surface area contributed by atoms with Crippen molar-refractivity contribution in [2.24, 2.45) is 0 Å². The van der Waals surface area contributed by atoms with Gasteiger partial charge in [-0.2, -0.15) is 0 Å². The van der Waals surface area contributed by atoms with E-state index in [0.29, 0.717) is 0 Å². The first-order chi connectivity index (χ1) is 7.35. The first kappa shape index (κ1) is 13.1. The third-order valence-electron chi connectivity index (χ3n) is 1.67. The van der Waals surface area contributed by atoms with Gasteiger partial charge < -0.3 is 4.74 Å². The molecule has 0 fully saturated rings. The van der Waals surface area contributed by atoms with Crippen molar-refractivity contribution >= 4 is 11.8 Å². The molecule has 0 amide bonds. The Morgan fingerprint density at radius 3 is 2.31 bits per heavy atom. The van der Waals surface area contributed by atoms with Crippen LogP contribution in [0.1, 0.15) is 12.0 Å². The number of benzene rings is 1. The Morgan fingerprint density at radius 2 is 1.88 bits per heavy atom. The highest BCUT2D eigenvalue weighted by Crippen LogP contribution is 2.38. The van der Waals surface area contributed by atoms with Gasteiger partial charge in [0.2, 0.25) is 0 Å². The van der Waals surface area contributed by atoms with Crippen molar-refractivity contribution < 1.29 is 26.7 Å². The largest absolute Gasteiger partial charge is 0.573 e. The molecule has 1 aromatic rings. The van der Waals surface area contributed by atoms with E-state index in [9.17, 15) is 22.0 Å². The summed E-state index contributed by atoms with van der Waals surface area (Å²) in [5.41, 5.74) is -0.464. The van der Waals surface area contributed by atoms with Crippen molar-refractivity contribution in [2.45, 2.75) is 17.7 Å². The van der Waals surface area contributed by atoms with Gasteiger partial charge in [-0.15, -0.1) is 24.9 Å². The SMILES string of the molecule is CSc1c(OC(F)(F)F)cccc1C(F)F. The second-order valence-corrected chi connectivity index (χ2v) is 3.54. The van der Waals surface area contributed by atoms with E-state index >= 15 is 0 Å².